The van der Waals surface area contributed by atoms with E-state index in [-0.39, 0.29) is 12.6 Å². The standard InChI is InChI=1S/C22H42O4S3/c1-5-6-7-8-9-10-11-12-13-14-19-28-21(27)29-22(2,3)20(23)26-18-17-25-16-15-24-4/h5-19H2,1-4H3. The van der Waals surface area contributed by atoms with Crippen molar-refractivity contribution in [2.75, 3.05) is 39.3 Å². The summed E-state index contributed by atoms with van der Waals surface area (Å²) in [5, 5.41) is 0. The van der Waals surface area contributed by atoms with Gasteiger partial charge in [-0.3, -0.25) is 4.79 Å². The molecular formula is C22H42O4S3. The summed E-state index contributed by atoms with van der Waals surface area (Å²) in [5.41, 5.74) is 0. The summed E-state index contributed by atoms with van der Waals surface area (Å²) in [4.78, 5) is 12.3. The van der Waals surface area contributed by atoms with E-state index in [1.807, 2.05) is 13.8 Å². The molecule has 0 saturated heterocycles. The number of rotatable bonds is 19. The fourth-order valence-electron chi connectivity index (χ4n) is 2.64. The molecule has 0 aliphatic rings. The van der Waals surface area contributed by atoms with Crippen molar-refractivity contribution in [3.8, 4) is 0 Å². The fourth-order valence-corrected chi connectivity index (χ4v) is 5.70. The molecular weight excluding hydrogens is 424 g/mol. The van der Waals surface area contributed by atoms with Crippen molar-refractivity contribution in [3.63, 3.8) is 0 Å². The van der Waals surface area contributed by atoms with Crippen LogP contribution in [0.5, 0.6) is 0 Å². The molecule has 0 aliphatic carbocycles. The van der Waals surface area contributed by atoms with Gasteiger partial charge in [0.05, 0.1) is 19.8 Å². The van der Waals surface area contributed by atoms with E-state index in [2.05, 4.69) is 6.92 Å². The molecule has 7 heteroatoms. The molecule has 0 amide bonds. The second-order valence-electron chi connectivity index (χ2n) is 7.63. The minimum Gasteiger partial charge on any atom is -0.462 e. The van der Waals surface area contributed by atoms with Gasteiger partial charge in [-0.15, -0.1) is 11.8 Å². The second-order valence-corrected chi connectivity index (χ2v) is 11.6. The predicted molar refractivity (Wildman–Crippen MR) is 132 cm³/mol. The summed E-state index contributed by atoms with van der Waals surface area (Å²) in [5.74, 6) is 0.778. The number of thioether (sulfide) groups is 2. The highest BCUT2D eigenvalue weighted by Crippen LogP contribution is 2.32. The highest BCUT2D eigenvalue weighted by atomic mass is 32.2. The first-order valence-electron chi connectivity index (χ1n) is 11.0. The highest BCUT2D eigenvalue weighted by Gasteiger charge is 2.31. The first kappa shape index (κ1) is 29.2. The van der Waals surface area contributed by atoms with Gasteiger partial charge in [-0.1, -0.05) is 88.7 Å². The zero-order valence-corrected chi connectivity index (χ0v) is 21.4. The minimum atomic E-state index is -0.672. The van der Waals surface area contributed by atoms with Gasteiger partial charge in [-0.05, 0) is 26.0 Å². The normalized spacial score (nSPS) is 11.6. The Morgan fingerprint density at radius 1 is 0.862 bits per heavy atom. The summed E-state index contributed by atoms with van der Waals surface area (Å²) in [6.07, 6.45) is 13.4. The first-order chi connectivity index (χ1) is 13.9. The van der Waals surface area contributed by atoms with Gasteiger partial charge in [0.15, 0.2) is 0 Å². The third-order valence-electron chi connectivity index (χ3n) is 4.44. The molecule has 0 aromatic carbocycles. The van der Waals surface area contributed by atoms with E-state index in [1.54, 1.807) is 18.9 Å². The lowest BCUT2D eigenvalue weighted by atomic mass is 10.1. The number of methoxy groups -OCH3 is 1. The van der Waals surface area contributed by atoms with Crippen molar-refractivity contribution < 1.29 is 19.0 Å². The molecule has 0 unspecified atom stereocenters. The van der Waals surface area contributed by atoms with E-state index in [0.717, 1.165) is 9.28 Å². The van der Waals surface area contributed by atoms with Gasteiger partial charge in [-0.25, -0.2) is 0 Å². The fraction of sp³-hybridized carbons (Fsp3) is 0.909. The van der Waals surface area contributed by atoms with Crippen molar-refractivity contribution in [2.24, 2.45) is 0 Å². The zero-order chi connectivity index (χ0) is 21.8. The molecule has 0 aromatic heterocycles. The number of carbonyl (C=O) groups excluding carboxylic acids is 1. The van der Waals surface area contributed by atoms with Crippen LogP contribution in [0.1, 0.15) is 85.0 Å². The molecule has 0 spiro atoms. The van der Waals surface area contributed by atoms with E-state index in [4.69, 9.17) is 26.4 Å². The minimum absolute atomic E-state index is 0.250. The third-order valence-corrected chi connectivity index (χ3v) is 7.22. The lowest BCUT2D eigenvalue weighted by Crippen LogP contribution is -2.32. The first-order valence-corrected chi connectivity index (χ1v) is 13.2. The molecule has 172 valence electrons. The van der Waals surface area contributed by atoms with E-state index in [0.29, 0.717) is 19.8 Å². The maximum Gasteiger partial charge on any atom is 0.322 e. The number of hydrogen-bond acceptors (Lipinski definition) is 7. The van der Waals surface area contributed by atoms with E-state index in [9.17, 15) is 4.79 Å². The van der Waals surface area contributed by atoms with Crippen LogP contribution in [0.4, 0.5) is 0 Å². The molecule has 0 bridgehead atoms. The van der Waals surface area contributed by atoms with Crippen LogP contribution in [0.2, 0.25) is 0 Å². The van der Waals surface area contributed by atoms with Gasteiger partial charge in [0.1, 0.15) is 14.9 Å². The molecule has 0 saturated carbocycles. The monoisotopic (exact) mass is 466 g/mol. The summed E-state index contributed by atoms with van der Waals surface area (Å²) in [6.45, 7) is 7.67. The van der Waals surface area contributed by atoms with Crippen molar-refractivity contribution in [3.05, 3.63) is 0 Å². The van der Waals surface area contributed by atoms with Gasteiger partial charge >= 0.3 is 5.97 Å². The van der Waals surface area contributed by atoms with Gasteiger partial charge < -0.3 is 14.2 Å². The van der Waals surface area contributed by atoms with Gasteiger partial charge in [0, 0.05) is 7.11 Å². The largest absolute Gasteiger partial charge is 0.462 e. The van der Waals surface area contributed by atoms with Gasteiger partial charge in [0.2, 0.25) is 0 Å². The number of carbonyl (C=O) groups is 1. The second kappa shape index (κ2) is 20.1. The molecule has 0 rings (SSSR count). The Kier molecular flexibility index (Phi) is 20.2. The summed E-state index contributed by atoms with van der Waals surface area (Å²) in [6, 6.07) is 0. The van der Waals surface area contributed by atoms with Crippen LogP contribution >= 0.6 is 35.7 Å². The average molecular weight is 467 g/mol. The van der Waals surface area contributed by atoms with Gasteiger partial charge in [0.25, 0.3) is 0 Å². The molecule has 0 radical (unpaired) electrons. The van der Waals surface area contributed by atoms with Crippen molar-refractivity contribution >= 4 is 45.2 Å². The highest BCUT2D eigenvalue weighted by molar-refractivity contribution is 8.47. The average Bonchev–Trinajstić information content (AvgIpc) is 2.68. The van der Waals surface area contributed by atoms with Crippen LogP contribution in [0.25, 0.3) is 0 Å². The van der Waals surface area contributed by atoms with Crippen molar-refractivity contribution in [1.29, 1.82) is 0 Å². The Morgan fingerprint density at radius 3 is 2.00 bits per heavy atom. The van der Waals surface area contributed by atoms with Crippen molar-refractivity contribution in [1.82, 2.24) is 0 Å². The maximum atomic E-state index is 12.3. The molecule has 4 nitrogen and oxygen atoms in total. The number of ether oxygens (including phenoxy) is 3. The Balaban J connectivity index is 3.66. The van der Waals surface area contributed by atoms with Crippen LogP contribution in [-0.4, -0.2) is 53.5 Å². The molecule has 29 heavy (non-hydrogen) atoms. The molecule has 0 atom stereocenters. The van der Waals surface area contributed by atoms with E-state index in [1.165, 1.54) is 76.0 Å². The van der Waals surface area contributed by atoms with Crippen LogP contribution in [0.3, 0.4) is 0 Å². The van der Waals surface area contributed by atoms with Crippen LogP contribution in [0.15, 0.2) is 0 Å². The maximum absolute atomic E-state index is 12.3. The SMILES string of the molecule is CCCCCCCCCCCCSC(=S)SC(C)(C)C(=O)OCCOCCOC. The Morgan fingerprint density at radius 2 is 1.41 bits per heavy atom. The topological polar surface area (TPSA) is 44.8 Å². The molecule has 0 aromatic rings. The lowest BCUT2D eigenvalue weighted by Gasteiger charge is -2.22. The third kappa shape index (κ3) is 18.7. The number of esters is 1. The summed E-state index contributed by atoms with van der Waals surface area (Å²) in [7, 11) is 1.63. The number of thiocarbonyl (C=S) groups is 1. The van der Waals surface area contributed by atoms with Crippen LogP contribution < -0.4 is 0 Å². The summed E-state index contributed by atoms with van der Waals surface area (Å²) < 4.78 is 15.6. The number of hydrogen-bond donors (Lipinski definition) is 0. The van der Waals surface area contributed by atoms with Crippen molar-refractivity contribution in [2.45, 2.75) is 89.7 Å². The predicted octanol–water partition coefficient (Wildman–Crippen LogP) is 6.64. The molecule has 0 fully saturated rings. The van der Waals surface area contributed by atoms with Crippen LogP contribution in [0, 0.1) is 0 Å². The zero-order valence-electron chi connectivity index (χ0n) is 19.0. The molecule has 0 N–H and O–H groups in total. The van der Waals surface area contributed by atoms with E-state index < -0.39 is 4.75 Å². The lowest BCUT2D eigenvalue weighted by molar-refractivity contribution is -0.147. The summed E-state index contributed by atoms with van der Waals surface area (Å²) >= 11 is 8.56. The quantitative estimate of drug-likeness (QED) is 0.120. The van der Waals surface area contributed by atoms with Crippen LogP contribution in [-0.2, 0) is 19.0 Å². The van der Waals surface area contributed by atoms with Gasteiger partial charge in [-0.2, -0.15) is 0 Å². The van der Waals surface area contributed by atoms with E-state index >= 15 is 0 Å². The smallest absolute Gasteiger partial charge is 0.322 e. The molecule has 0 heterocycles. The molecule has 0 aliphatic heterocycles. The Labute approximate surface area is 193 Å². The Bertz CT molecular complexity index is 417. The number of unbranched alkanes of at least 4 members (excludes halogenated alkanes) is 9. The Hall–Kier alpha value is 0.180.